The van der Waals surface area contributed by atoms with Gasteiger partial charge >= 0.3 is 0 Å². The van der Waals surface area contributed by atoms with E-state index in [0.29, 0.717) is 13.1 Å². The maximum absolute atomic E-state index is 9.66. The van der Waals surface area contributed by atoms with E-state index >= 15 is 0 Å². The summed E-state index contributed by atoms with van der Waals surface area (Å²) in [6, 6.07) is 0. The largest absolute Gasteiger partial charge is 0.391 e. The summed E-state index contributed by atoms with van der Waals surface area (Å²) in [5, 5.41) is 13.0. The lowest BCUT2D eigenvalue weighted by atomic mass is 9.94. The third-order valence-corrected chi connectivity index (χ3v) is 4.15. The fraction of sp³-hybridized carbons (Fsp3) is 0.929. The van der Waals surface area contributed by atoms with E-state index in [1.807, 2.05) is 0 Å². The van der Waals surface area contributed by atoms with Crippen molar-refractivity contribution in [3.05, 3.63) is 0 Å². The molecule has 0 aliphatic carbocycles. The van der Waals surface area contributed by atoms with Crippen LogP contribution in [-0.4, -0.2) is 74.2 Å². The van der Waals surface area contributed by atoms with E-state index in [-0.39, 0.29) is 11.7 Å². The quantitative estimate of drug-likeness (QED) is 0.571. The van der Waals surface area contributed by atoms with Gasteiger partial charge in [-0.25, -0.2) is 0 Å². The lowest BCUT2D eigenvalue weighted by Gasteiger charge is -2.35. The number of hydrogen-bond donors (Lipinski definition) is 2. The Hall–Kier alpha value is -0.850. The second kappa shape index (κ2) is 7.24. The van der Waals surface area contributed by atoms with Gasteiger partial charge in [-0.2, -0.15) is 0 Å². The second-order valence-corrected chi connectivity index (χ2v) is 5.56. The summed E-state index contributed by atoms with van der Waals surface area (Å²) in [6.07, 6.45) is 2.34. The maximum atomic E-state index is 9.66. The molecule has 2 N–H and O–H groups in total. The third kappa shape index (κ3) is 3.84. The first-order valence-corrected chi connectivity index (χ1v) is 7.53. The molecule has 2 aliphatic rings. The number of likely N-dealkylation sites (tertiary alicyclic amines) is 1. The van der Waals surface area contributed by atoms with Gasteiger partial charge < -0.3 is 24.8 Å². The Bertz CT molecular complexity index is 330. The molecule has 0 saturated carbocycles. The Labute approximate surface area is 121 Å². The smallest absolute Gasteiger partial charge is 0.194 e. The number of ether oxygens (including phenoxy) is 2. The van der Waals surface area contributed by atoms with Gasteiger partial charge in [0.2, 0.25) is 0 Å². The topological polar surface area (TPSA) is 66.3 Å². The molecule has 1 atom stereocenters. The van der Waals surface area contributed by atoms with Crippen molar-refractivity contribution in [3.63, 3.8) is 0 Å². The van der Waals surface area contributed by atoms with E-state index in [9.17, 15) is 5.11 Å². The van der Waals surface area contributed by atoms with Crippen LogP contribution in [0.15, 0.2) is 4.99 Å². The minimum Gasteiger partial charge on any atom is -0.391 e. The highest BCUT2D eigenvalue weighted by Gasteiger charge is 2.33. The summed E-state index contributed by atoms with van der Waals surface area (Å²) in [7, 11) is 1.76. The Kier molecular flexibility index (Phi) is 5.63. The van der Waals surface area contributed by atoms with E-state index in [1.54, 1.807) is 7.11 Å². The minimum absolute atomic E-state index is 0.197. The number of aliphatic hydroxyl groups is 1. The highest BCUT2D eigenvalue weighted by Crippen LogP contribution is 2.25. The van der Waals surface area contributed by atoms with Crippen molar-refractivity contribution in [2.75, 3.05) is 46.5 Å². The van der Waals surface area contributed by atoms with E-state index in [2.05, 4.69) is 17.1 Å². The SMILES string of the molecule is CCNC(=NCC1(OC)CCOCC1)N1CC[C@@H](O)C1. The standard InChI is InChI=1S/C14H27N3O3/c1-3-15-13(17-7-4-12(18)10-17)16-11-14(19-2)5-8-20-9-6-14/h12,18H,3-11H2,1-2H3,(H,15,16)/t12-/m1/s1. The highest BCUT2D eigenvalue weighted by molar-refractivity contribution is 5.80. The lowest BCUT2D eigenvalue weighted by molar-refractivity contribution is -0.0829. The van der Waals surface area contributed by atoms with Crippen molar-refractivity contribution in [1.82, 2.24) is 10.2 Å². The highest BCUT2D eigenvalue weighted by atomic mass is 16.5. The molecule has 0 spiro atoms. The molecule has 6 heteroatoms. The average Bonchev–Trinajstić information content (AvgIpc) is 2.91. The summed E-state index contributed by atoms with van der Waals surface area (Å²) in [4.78, 5) is 6.86. The van der Waals surface area contributed by atoms with Gasteiger partial charge in [0.05, 0.1) is 18.2 Å². The van der Waals surface area contributed by atoms with Crippen LogP contribution in [0, 0.1) is 0 Å². The molecule has 2 aliphatic heterocycles. The number of guanidine groups is 1. The van der Waals surface area contributed by atoms with Crippen molar-refractivity contribution in [3.8, 4) is 0 Å². The molecule has 2 rings (SSSR count). The van der Waals surface area contributed by atoms with Crippen LogP contribution in [0.3, 0.4) is 0 Å². The monoisotopic (exact) mass is 285 g/mol. The molecule has 0 amide bonds. The Morgan fingerprint density at radius 2 is 2.25 bits per heavy atom. The van der Waals surface area contributed by atoms with Crippen LogP contribution >= 0.6 is 0 Å². The van der Waals surface area contributed by atoms with Gasteiger partial charge in [-0.15, -0.1) is 0 Å². The van der Waals surface area contributed by atoms with Gasteiger partial charge in [0, 0.05) is 52.8 Å². The maximum Gasteiger partial charge on any atom is 0.194 e. The minimum atomic E-state index is -0.238. The number of hydrogen-bond acceptors (Lipinski definition) is 4. The molecule has 6 nitrogen and oxygen atoms in total. The zero-order chi connectivity index (χ0) is 14.4. The number of methoxy groups -OCH3 is 1. The van der Waals surface area contributed by atoms with Crippen LogP contribution in [0.5, 0.6) is 0 Å². The second-order valence-electron chi connectivity index (χ2n) is 5.56. The number of rotatable bonds is 4. The van der Waals surface area contributed by atoms with Crippen LogP contribution in [0.1, 0.15) is 26.2 Å². The number of β-amino-alcohol motifs (C(OH)–C–C–N with tert-alkyl or cyclic N) is 1. The molecular formula is C14H27N3O3. The summed E-state index contributed by atoms with van der Waals surface area (Å²) in [5.41, 5.74) is -0.197. The van der Waals surface area contributed by atoms with Crippen LogP contribution in [0.2, 0.25) is 0 Å². The predicted molar refractivity (Wildman–Crippen MR) is 78.0 cm³/mol. The van der Waals surface area contributed by atoms with Gasteiger partial charge in [-0.05, 0) is 13.3 Å². The van der Waals surface area contributed by atoms with Crippen LogP contribution in [0.4, 0.5) is 0 Å². The summed E-state index contributed by atoms with van der Waals surface area (Å²) < 4.78 is 11.1. The van der Waals surface area contributed by atoms with Crippen molar-refractivity contribution in [1.29, 1.82) is 0 Å². The summed E-state index contributed by atoms with van der Waals surface area (Å²) >= 11 is 0. The van der Waals surface area contributed by atoms with Gasteiger partial charge in [0.15, 0.2) is 5.96 Å². The van der Waals surface area contributed by atoms with Crippen molar-refractivity contribution in [2.45, 2.75) is 37.9 Å². The van der Waals surface area contributed by atoms with E-state index < -0.39 is 0 Å². The number of aliphatic imine (C=N–C) groups is 1. The van der Waals surface area contributed by atoms with E-state index in [1.165, 1.54) is 0 Å². The molecule has 0 aromatic carbocycles. The average molecular weight is 285 g/mol. The molecule has 0 aromatic rings. The molecular weight excluding hydrogens is 258 g/mol. The van der Waals surface area contributed by atoms with Crippen molar-refractivity contribution >= 4 is 5.96 Å². The zero-order valence-corrected chi connectivity index (χ0v) is 12.6. The van der Waals surface area contributed by atoms with Gasteiger partial charge in [-0.1, -0.05) is 0 Å². The predicted octanol–water partition coefficient (Wildman–Crippen LogP) is 0.214. The Balaban J connectivity index is 2.00. The fourth-order valence-corrected chi connectivity index (χ4v) is 2.75. The molecule has 2 fully saturated rings. The molecule has 116 valence electrons. The summed E-state index contributed by atoms with van der Waals surface area (Å²) in [5.74, 6) is 0.881. The number of nitrogens with one attached hydrogen (secondary N) is 1. The van der Waals surface area contributed by atoms with Crippen LogP contribution in [0.25, 0.3) is 0 Å². The molecule has 0 unspecified atom stereocenters. The lowest BCUT2D eigenvalue weighted by Crippen LogP contribution is -2.44. The first kappa shape index (κ1) is 15.5. The normalized spacial score (nSPS) is 26.9. The van der Waals surface area contributed by atoms with Crippen molar-refractivity contribution in [2.24, 2.45) is 4.99 Å². The fourth-order valence-electron chi connectivity index (χ4n) is 2.75. The molecule has 0 aromatic heterocycles. The van der Waals surface area contributed by atoms with Gasteiger partial charge in [-0.3, -0.25) is 4.99 Å². The van der Waals surface area contributed by atoms with Crippen LogP contribution < -0.4 is 5.32 Å². The van der Waals surface area contributed by atoms with Crippen LogP contribution in [-0.2, 0) is 9.47 Å². The van der Waals surface area contributed by atoms with Crippen molar-refractivity contribution < 1.29 is 14.6 Å². The first-order valence-electron chi connectivity index (χ1n) is 7.53. The Morgan fingerprint density at radius 1 is 1.50 bits per heavy atom. The van der Waals surface area contributed by atoms with Gasteiger partial charge in [0.1, 0.15) is 0 Å². The van der Waals surface area contributed by atoms with E-state index in [4.69, 9.17) is 14.5 Å². The zero-order valence-electron chi connectivity index (χ0n) is 12.6. The molecule has 20 heavy (non-hydrogen) atoms. The molecule has 0 bridgehead atoms. The molecule has 2 saturated heterocycles. The summed E-state index contributed by atoms with van der Waals surface area (Å²) in [6.45, 7) is 6.52. The molecule has 0 radical (unpaired) electrons. The van der Waals surface area contributed by atoms with E-state index in [0.717, 1.165) is 51.5 Å². The first-order chi connectivity index (χ1) is 9.69. The third-order valence-electron chi connectivity index (χ3n) is 4.15. The number of aliphatic hydroxyl groups excluding tert-OH is 1. The molecule has 2 heterocycles. The van der Waals surface area contributed by atoms with Gasteiger partial charge in [0.25, 0.3) is 0 Å². The Morgan fingerprint density at radius 3 is 2.80 bits per heavy atom. The number of nitrogens with zero attached hydrogens (tertiary/aromatic N) is 2.